The molecule has 0 saturated heterocycles. The lowest BCUT2D eigenvalue weighted by atomic mass is 9.77. The molecule has 1 N–H and O–H groups in total. The number of phenols is 1. The molecule has 2 heteroatoms. The summed E-state index contributed by atoms with van der Waals surface area (Å²) in [5.41, 5.74) is 2.62. The lowest BCUT2D eigenvalue weighted by Gasteiger charge is -2.34. The fourth-order valence-corrected chi connectivity index (χ4v) is 4.16. The zero-order valence-electron chi connectivity index (χ0n) is 16.0. The van der Waals surface area contributed by atoms with E-state index in [0.29, 0.717) is 17.6 Å². The molecule has 2 aromatic rings. The first-order valence-electron chi connectivity index (χ1n) is 10.3. The number of fused-ring (bicyclic) bond motifs is 1. The third kappa shape index (κ3) is 4.81. The number of phenolic OH excluding ortho intramolecular Hbond substituents is 1. The Hall–Kier alpha value is -1.96. The van der Waals surface area contributed by atoms with E-state index in [0.717, 1.165) is 12.4 Å². The fourth-order valence-electron chi connectivity index (χ4n) is 4.16. The molecule has 2 unspecified atom stereocenters. The summed E-state index contributed by atoms with van der Waals surface area (Å²) in [6.07, 6.45) is 10.6. The summed E-state index contributed by atoms with van der Waals surface area (Å²) in [7, 11) is 0. The van der Waals surface area contributed by atoms with Crippen molar-refractivity contribution in [1.82, 2.24) is 0 Å². The second kappa shape index (κ2) is 9.66. The molecule has 3 rings (SSSR count). The molecule has 0 saturated carbocycles. The van der Waals surface area contributed by atoms with E-state index in [2.05, 4.69) is 43.3 Å². The highest BCUT2D eigenvalue weighted by atomic mass is 16.5. The number of rotatable bonds is 9. The van der Waals surface area contributed by atoms with Crippen LogP contribution in [0.4, 0.5) is 0 Å². The number of hydrogen-bond donors (Lipinski definition) is 1. The first-order chi connectivity index (χ1) is 12.8. The number of ether oxygens (including phenoxy) is 1. The van der Waals surface area contributed by atoms with E-state index in [1.807, 2.05) is 0 Å². The van der Waals surface area contributed by atoms with Crippen LogP contribution in [0.2, 0.25) is 0 Å². The summed E-state index contributed by atoms with van der Waals surface area (Å²) in [5, 5.41) is 9.61. The molecule has 0 fully saturated rings. The minimum Gasteiger partial charge on any atom is -0.508 e. The van der Waals surface area contributed by atoms with Crippen molar-refractivity contribution in [2.45, 2.75) is 70.1 Å². The molecule has 0 spiro atoms. The highest BCUT2D eigenvalue weighted by Gasteiger charge is 2.31. The van der Waals surface area contributed by atoms with Crippen LogP contribution in [0.5, 0.6) is 11.5 Å². The topological polar surface area (TPSA) is 29.5 Å². The van der Waals surface area contributed by atoms with Gasteiger partial charge in [0.1, 0.15) is 11.5 Å². The average molecular weight is 353 g/mol. The van der Waals surface area contributed by atoms with E-state index in [-0.39, 0.29) is 0 Å². The van der Waals surface area contributed by atoms with Gasteiger partial charge in [-0.05, 0) is 41.7 Å². The predicted octanol–water partition coefficient (Wildman–Crippen LogP) is 6.79. The largest absolute Gasteiger partial charge is 0.508 e. The molecule has 0 amide bonds. The molecule has 0 radical (unpaired) electrons. The highest BCUT2D eigenvalue weighted by molar-refractivity contribution is 5.42. The van der Waals surface area contributed by atoms with Gasteiger partial charge in [0.15, 0.2) is 0 Å². The van der Waals surface area contributed by atoms with Gasteiger partial charge in [-0.25, -0.2) is 0 Å². The Morgan fingerprint density at radius 1 is 0.885 bits per heavy atom. The lowest BCUT2D eigenvalue weighted by Crippen LogP contribution is -2.24. The van der Waals surface area contributed by atoms with Gasteiger partial charge >= 0.3 is 0 Å². The molecule has 2 aromatic carbocycles. The Kier molecular flexibility index (Phi) is 6.99. The van der Waals surface area contributed by atoms with Crippen molar-refractivity contribution in [3.8, 4) is 11.5 Å². The quantitative estimate of drug-likeness (QED) is 0.503. The van der Waals surface area contributed by atoms with Gasteiger partial charge in [0.05, 0.1) is 6.61 Å². The van der Waals surface area contributed by atoms with E-state index in [1.165, 1.54) is 62.5 Å². The monoisotopic (exact) mass is 352 g/mol. The summed E-state index contributed by atoms with van der Waals surface area (Å²) in [6.45, 7) is 3.00. The van der Waals surface area contributed by atoms with Gasteiger partial charge in [0.2, 0.25) is 0 Å². The Bertz CT molecular complexity index is 662. The van der Waals surface area contributed by atoms with Crippen LogP contribution >= 0.6 is 0 Å². The summed E-state index contributed by atoms with van der Waals surface area (Å²) in [5.74, 6) is 2.25. The standard InChI is InChI=1S/C24H32O2/c1-2-3-4-5-6-7-8-11-21-22-12-9-10-13-24(22)26-18-23(21)19-14-16-20(25)17-15-19/h9-10,12-17,21,23,25H,2-8,11,18H2,1H3. The van der Waals surface area contributed by atoms with E-state index >= 15 is 0 Å². The number of hydrogen-bond acceptors (Lipinski definition) is 2. The van der Waals surface area contributed by atoms with Crippen LogP contribution in [-0.2, 0) is 0 Å². The second-order valence-electron chi connectivity index (χ2n) is 7.56. The van der Waals surface area contributed by atoms with Crippen LogP contribution in [0.15, 0.2) is 48.5 Å². The van der Waals surface area contributed by atoms with E-state index < -0.39 is 0 Å². The molecule has 2 atom stereocenters. The third-order valence-electron chi connectivity index (χ3n) is 5.66. The summed E-state index contributed by atoms with van der Waals surface area (Å²) >= 11 is 0. The molecule has 140 valence electrons. The first-order valence-corrected chi connectivity index (χ1v) is 10.3. The van der Waals surface area contributed by atoms with E-state index in [1.54, 1.807) is 12.1 Å². The molecule has 26 heavy (non-hydrogen) atoms. The van der Waals surface area contributed by atoms with Crippen LogP contribution in [-0.4, -0.2) is 11.7 Å². The summed E-state index contributed by atoms with van der Waals surface area (Å²) < 4.78 is 6.06. The lowest BCUT2D eigenvalue weighted by molar-refractivity contribution is 0.231. The summed E-state index contributed by atoms with van der Waals surface area (Å²) in [4.78, 5) is 0. The van der Waals surface area contributed by atoms with Gasteiger partial charge in [-0.2, -0.15) is 0 Å². The first kappa shape index (κ1) is 18.8. The molecule has 0 aliphatic carbocycles. The van der Waals surface area contributed by atoms with Crippen LogP contribution in [0.25, 0.3) is 0 Å². The molecular formula is C24H32O2. The van der Waals surface area contributed by atoms with Gasteiger partial charge in [0, 0.05) is 5.92 Å². The maximum atomic E-state index is 9.61. The molecule has 2 nitrogen and oxygen atoms in total. The van der Waals surface area contributed by atoms with Gasteiger partial charge in [0.25, 0.3) is 0 Å². The number of para-hydroxylation sites is 1. The van der Waals surface area contributed by atoms with Crippen molar-refractivity contribution in [3.63, 3.8) is 0 Å². The maximum absolute atomic E-state index is 9.61. The molecule has 0 aromatic heterocycles. The average Bonchev–Trinajstić information content (AvgIpc) is 2.68. The zero-order chi connectivity index (χ0) is 18.2. The van der Waals surface area contributed by atoms with Crippen molar-refractivity contribution in [2.24, 2.45) is 0 Å². The number of aromatic hydroxyl groups is 1. The molecule has 0 bridgehead atoms. The Morgan fingerprint density at radius 2 is 1.58 bits per heavy atom. The molecule has 1 heterocycles. The summed E-state index contributed by atoms with van der Waals surface area (Å²) in [6, 6.07) is 16.2. The Labute approximate surface area is 158 Å². The normalized spacial score (nSPS) is 19.0. The van der Waals surface area contributed by atoms with Crippen LogP contribution in [0.1, 0.15) is 81.3 Å². The minimum absolute atomic E-state index is 0.328. The number of unbranched alkanes of at least 4 members (excludes halogenated alkanes) is 6. The third-order valence-corrected chi connectivity index (χ3v) is 5.66. The maximum Gasteiger partial charge on any atom is 0.122 e. The van der Waals surface area contributed by atoms with Crippen molar-refractivity contribution in [1.29, 1.82) is 0 Å². The SMILES string of the molecule is CCCCCCCCCC1c2ccccc2OCC1c1ccc(O)cc1. The smallest absolute Gasteiger partial charge is 0.122 e. The van der Waals surface area contributed by atoms with Crippen LogP contribution in [0.3, 0.4) is 0 Å². The van der Waals surface area contributed by atoms with Crippen molar-refractivity contribution in [2.75, 3.05) is 6.61 Å². The van der Waals surface area contributed by atoms with Gasteiger partial charge in [-0.3, -0.25) is 0 Å². The van der Waals surface area contributed by atoms with E-state index in [9.17, 15) is 5.11 Å². The van der Waals surface area contributed by atoms with Crippen LogP contribution in [0, 0.1) is 0 Å². The Morgan fingerprint density at radius 3 is 2.35 bits per heavy atom. The van der Waals surface area contributed by atoms with Crippen molar-refractivity contribution >= 4 is 0 Å². The minimum atomic E-state index is 0.328. The highest BCUT2D eigenvalue weighted by Crippen LogP contribution is 2.44. The van der Waals surface area contributed by atoms with Gasteiger partial charge < -0.3 is 9.84 Å². The van der Waals surface area contributed by atoms with Gasteiger partial charge in [-0.1, -0.05) is 82.2 Å². The van der Waals surface area contributed by atoms with Crippen molar-refractivity contribution < 1.29 is 9.84 Å². The number of benzene rings is 2. The van der Waals surface area contributed by atoms with Crippen LogP contribution < -0.4 is 4.74 Å². The second-order valence-corrected chi connectivity index (χ2v) is 7.56. The molecular weight excluding hydrogens is 320 g/mol. The zero-order valence-corrected chi connectivity index (χ0v) is 16.0. The molecule has 1 aliphatic heterocycles. The predicted molar refractivity (Wildman–Crippen MR) is 108 cm³/mol. The Balaban J connectivity index is 1.66. The van der Waals surface area contributed by atoms with E-state index in [4.69, 9.17) is 4.74 Å². The molecule has 1 aliphatic rings. The van der Waals surface area contributed by atoms with Gasteiger partial charge in [-0.15, -0.1) is 0 Å². The van der Waals surface area contributed by atoms with Crippen molar-refractivity contribution in [3.05, 3.63) is 59.7 Å². The fraction of sp³-hybridized carbons (Fsp3) is 0.500.